The summed E-state index contributed by atoms with van der Waals surface area (Å²) in [5, 5.41) is 0. The van der Waals surface area contributed by atoms with Gasteiger partial charge in [0.25, 0.3) is 0 Å². The number of anilines is 1. The highest BCUT2D eigenvalue weighted by atomic mass is 32.2. The number of nitrogens with one attached hydrogen (secondary N) is 1. The summed E-state index contributed by atoms with van der Waals surface area (Å²) in [6, 6.07) is 9.51. The predicted octanol–water partition coefficient (Wildman–Crippen LogP) is 2.25. The highest BCUT2D eigenvalue weighted by Gasteiger charge is 2.23. The summed E-state index contributed by atoms with van der Waals surface area (Å²) in [6.07, 6.45) is -0.413. The fourth-order valence-electron chi connectivity index (χ4n) is 2.44. The van der Waals surface area contributed by atoms with Gasteiger partial charge in [-0.15, -0.1) is 0 Å². The Morgan fingerprint density at radius 1 is 1.11 bits per heavy atom. The van der Waals surface area contributed by atoms with Crippen LogP contribution in [0.15, 0.2) is 47.4 Å². The van der Waals surface area contributed by atoms with Crippen LogP contribution in [-0.2, 0) is 14.8 Å². The van der Waals surface area contributed by atoms with E-state index in [1.54, 1.807) is 24.3 Å². The molecule has 1 amide bonds. The second kappa shape index (κ2) is 7.73. The number of sulfonamides is 1. The smallest absolute Gasteiger partial charge is 0.414 e. The van der Waals surface area contributed by atoms with Gasteiger partial charge < -0.3 is 4.74 Å². The van der Waals surface area contributed by atoms with Crippen LogP contribution in [0, 0.1) is 23.5 Å². The molecule has 27 heavy (non-hydrogen) atoms. The number of nitrogens with zero attached hydrogens (tertiary/aromatic N) is 1. The van der Waals surface area contributed by atoms with E-state index in [-0.39, 0.29) is 6.54 Å². The first kappa shape index (κ1) is 18.8. The van der Waals surface area contributed by atoms with Gasteiger partial charge in [-0.05, 0) is 36.4 Å². The molecule has 1 heterocycles. The van der Waals surface area contributed by atoms with Crippen molar-refractivity contribution < 1.29 is 26.7 Å². The highest BCUT2D eigenvalue weighted by Crippen LogP contribution is 2.19. The Balaban J connectivity index is 1.64. The first-order valence-electron chi connectivity index (χ1n) is 7.85. The van der Waals surface area contributed by atoms with E-state index < -0.39 is 32.6 Å². The third-order valence-corrected chi connectivity index (χ3v) is 5.16. The van der Waals surface area contributed by atoms with Crippen molar-refractivity contribution in [1.29, 1.82) is 0 Å². The average Bonchev–Trinajstić information content (AvgIpc) is 3.05. The fourth-order valence-corrected chi connectivity index (χ4v) is 3.50. The Morgan fingerprint density at radius 3 is 2.37 bits per heavy atom. The molecular weight excluding hydrogens is 378 g/mol. The predicted molar refractivity (Wildman–Crippen MR) is 93.6 cm³/mol. The number of rotatable bonds is 4. The van der Waals surface area contributed by atoms with Crippen LogP contribution in [0.2, 0.25) is 0 Å². The van der Waals surface area contributed by atoms with E-state index in [9.17, 15) is 22.0 Å². The van der Waals surface area contributed by atoms with Crippen molar-refractivity contribution in [2.45, 2.75) is 4.90 Å². The van der Waals surface area contributed by atoms with Crippen molar-refractivity contribution in [3.05, 3.63) is 59.7 Å². The maximum Gasteiger partial charge on any atom is 0.414 e. The second-order valence-corrected chi connectivity index (χ2v) is 7.19. The quantitative estimate of drug-likeness (QED) is 0.810. The summed E-state index contributed by atoms with van der Waals surface area (Å²) < 4.78 is 58.1. The summed E-state index contributed by atoms with van der Waals surface area (Å²) in [5.74, 6) is 2.95. The van der Waals surface area contributed by atoms with E-state index in [0.717, 1.165) is 18.2 Å². The molecule has 1 saturated heterocycles. The monoisotopic (exact) mass is 392 g/mol. The van der Waals surface area contributed by atoms with Crippen molar-refractivity contribution in [3.63, 3.8) is 0 Å². The fraction of sp³-hybridized carbons (Fsp3) is 0.167. The molecule has 1 fully saturated rings. The summed E-state index contributed by atoms with van der Waals surface area (Å²) in [5.41, 5.74) is 1.25. The zero-order valence-electron chi connectivity index (χ0n) is 13.9. The van der Waals surface area contributed by atoms with E-state index in [4.69, 9.17) is 4.74 Å². The first-order chi connectivity index (χ1) is 12.9. The molecule has 9 heteroatoms. The van der Waals surface area contributed by atoms with Crippen molar-refractivity contribution in [3.8, 4) is 11.8 Å². The Kier molecular flexibility index (Phi) is 5.39. The molecule has 3 rings (SSSR count). The largest absolute Gasteiger partial charge is 0.447 e. The maximum atomic E-state index is 13.6. The average molecular weight is 392 g/mol. The number of carbonyl (C=O) groups excluding carboxylic acids is 1. The molecule has 1 N–H and O–H groups in total. The van der Waals surface area contributed by atoms with Gasteiger partial charge in [0.05, 0.1) is 13.1 Å². The Bertz CT molecular complexity index is 1010. The van der Waals surface area contributed by atoms with Crippen LogP contribution < -0.4 is 9.62 Å². The van der Waals surface area contributed by atoms with Gasteiger partial charge in [0, 0.05) is 11.3 Å². The van der Waals surface area contributed by atoms with Crippen LogP contribution in [0.25, 0.3) is 0 Å². The molecule has 2 aromatic rings. The Morgan fingerprint density at radius 2 is 1.78 bits per heavy atom. The van der Waals surface area contributed by atoms with Crippen LogP contribution in [0.5, 0.6) is 0 Å². The lowest BCUT2D eigenvalue weighted by molar-refractivity contribution is 0.181. The lowest BCUT2D eigenvalue weighted by Gasteiger charge is -2.11. The van der Waals surface area contributed by atoms with Gasteiger partial charge in [-0.2, -0.15) is 4.72 Å². The SMILES string of the molecule is O=C1OCCN1c1ccc(C#CCNS(=O)(=O)c2c(F)cccc2F)cc1. The number of amides is 1. The molecule has 1 aliphatic heterocycles. The highest BCUT2D eigenvalue weighted by molar-refractivity contribution is 7.89. The van der Waals surface area contributed by atoms with Crippen LogP contribution in [0.4, 0.5) is 19.3 Å². The third kappa shape index (κ3) is 4.24. The van der Waals surface area contributed by atoms with Gasteiger partial charge >= 0.3 is 6.09 Å². The topological polar surface area (TPSA) is 75.7 Å². The van der Waals surface area contributed by atoms with E-state index in [2.05, 4.69) is 11.8 Å². The van der Waals surface area contributed by atoms with E-state index >= 15 is 0 Å². The van der Waals surface area contributed by atoms with Gasteiger partial charge in [-0.1, -0.05) is 17.9 Å². The maximum absolute atomic E-state index is 13.6. The standard InChI is InChI=1S/C18H14F2N2O4S/c19-15-4-1-5-16(20)17(15)27(24,25)21-10-2-3-13-6-8-14(9-7-13)22-11-12-26-18(22)23/h1,4-9,21H,10-12H2. The zero-order chi connectivity index (χ0) is 19.4. The van der Waals surface area contributed by atoms with Crippen LogP contribution >= 0.6 is 0 Å². The van der Waals surface area contributed by atoms with Gasteiger partial charge in [-0.25, -0.2) is 22.0 Å². The number of hydrogen-bond donors (Lipinski definition) is 1. The minimum absolute atomic E-state index is 0.323. The molecule has 140 valence electrons. The summed E-state index contributed by atoms with van der Waals surface area (Å²) in [6.45, 7) is 0.484. The number of ether oxygens (including phenoxy) is 1. The Hall–Kier alpha value is -2.96. The molecule has 0 bridgehead atoms. The molecule has 0 spiro atoms. The number of benzene rings is 2. The first-order valence-corrected chi connectivity index (χ1v) is 9.34. The summed E-state index contributed by atoms with van der Waals surface area (Å²) in [7, 11) is -4.36. The normalized spacial score (nSPS) is 13.9. The Labute approximate surface area is 154 Å². The minimum atomic E-state index is -4.36. The van der Waals surface area contributed by atoms with E-state index in [1.165, 1.54) is 4.90 Å². The molecule has 0 aliphatic carbocycles. The van der Waals surface area contributed by atoms with E-state index in [1.807, 2.05) is 4.72 Å². The van der Waals surface area contributed by atoms with Crippen molar-refractivity contribution in [1.82, 2.24) is 4.72 Å². The van der Waals surface area contributed by atoms with Gasteiger partial charge in [-0.3, -0.25) is 4.90 Å². The molecule has 1 aliphatic rings. The second-order valence-electron chi connectivity index (χ2n) is 5.49. The van der Waals surface area contributed by atoms with Crippen molar-refractivity contribution in [2.24, 2.45) is 0 Å². The van der Waals surface area contributed by atoms with Crippen molar-refractivity contribution in [2.75, 3.05) is 24.6 Å². The molecule has 0 aromatic heterocycles. The molecular formula is C18H14F2N2O4S. The lowest BCUT2D eigenvalue weighted by atomic mass is 10.2. The molecule has 2 aromatic carbocycles. The number of cyclic esters (lactones) is 1. The number of hydrogen-bond acceptors (Lipinski definition) is 4. The third-order valence-electron chi connectivity index (χ3n) is 3.71. The lowest BCUT2D eigenvalue weighted by Crippen LogP contribution is -2.26. The molecule has 0 radical (unpaired) electrons. The van der Waals surface area contributed by atoms with Gasteiger partial charge in [0.2, 0.25) is 10.0 Å². The van der Waals surface area contributed by atoms with E-state index in [0.29, 0.717) is 24.4 Å². The van der Waals surface area contributed by atoms with Gasteiger partial charge in [0.1, 0.15) is 18.2 Å². The molecule has 0 saturated carbocycles. The van der Waals surface area contributed by atoms with Crippen LogP contribution in [0.1, 0.15) is 5.56 Å². The molecule has 0 unspecified atom stereocenters. The number of halogens is 2. The number of carbonyl (C=O) groups is 1. The zero-order valence-corrected chi connectivity index (χ0v) is 14.7. The van der Waals surface area contributed by atoms with Gasteiger partial charge in [0.15, 0.2) is 4.90 Å². The van der Waals surface area contributed by atoms with Crippen molar-refractivity contribution >= 4 is 21.8 Å². The summed E-state index contributed by atoms with van der Waals surface area (Å²) in [4.78, 5) is 11.9. The molecule has 0 atom stereocenters. The molecule has 6 nitrogen and oxygen atoms in total. The van der Waals surface area contributed by atoms with Crippen LogP contribution in [0.3, 0.4) is 0 Å². The van der Waals surface area contributed by atoms with Crippen LogP contribution in [-0.4, -0.2) is 34.2 Å². The minimum Gasteiger partial charge on any atom is -0.447 e. The summed E-state index contributed by atoms with van der Waals surface area (Å²) >= 11 is 0.